The van der Waals surface area contributed by atoms with E-state index in [9.17, 15) is 9.59 Å². The van der Waals surface area contributed by atoms with Crippen LogP contribution in [0.25, 0.3) is 0 Å². The normalized spacial score (nSPS) is 18.7. The van der Waals surface area contributed by atoms with Crippen molar-refractivity contribution in [1.82, 2.24) is 5.32 Å². The molecule has 0 unspecified atom stereocenters. The van der Waals surface area contributed by atoms with Gasteiger partial charge in [-0.05, 0) is 24.3 Å². The molecule has 3 rings (SSSR count). The van der Waals surface area contributed by atoms with E-state index in [1.54, 1.807) is 36.4 Å². The summed E-state index contributed by atoms with van der Waals surface area (Å²) in [6.07, 6.45) is 0.319. The van der Waals surface area contributed by atoms with Crippen LogP contribution in [0.15, 0.2) is 42.5 Å². The topological polar surface area (TPSA) is 67.4 Å². The highest BCUT2D eigenvalue weighted by Crippen LogP contribution is 2.40. The highest BCUT2D eigenvalue weighted by molar-refractivity contribution is 6.35. The van der Waals surface area contributed by atoms with Gasteiger partial charge in [-0.1, -0.05) is 41.4 Å². The minimum absolute atomic E-state index is 0.243. The molecule has 0 fully saturated rings. The quantitative estimate of drug-likeness (QED) is 0.796. The van der Waals surface area contributed by atoms with Gasteiger partial charge < -0.3 is 15.4 Å². The van der Waals surface area contributed by atoms with Crippen molar-refractivity contribution in [3.8, 4) is 0 Å². The standard InChI is InChI=1S/C18H16Cl2N2O3/c1-25-18(24)15-9-14(22-17(23)10-5-3-2-4-6-10)16-12(20)7-11(19)8-13(16)21-15/h2-8,14-15,21H,9H2,1H3,(H,22,23)/t14-,15+/m0/s1. The summed E-state index contributed by atoms with van der Waals surface area (Å²) in [5.41, 5.74) is 1.84. The van der Waals surface area contributed by atoms with Crippen molar-refractivity contribution in [2.75, 3.05) is 12.4 Å². The predicted molar refractivity (Wildman–Crippen MR) is 97.2 cm³/mol. The molecule has 5 nitrogen and oxygen atoms in total. The number of benzene rings is 2. The van der Waals surface area contributed by atoms with Gasteiger partial charge in [-0.2, -0.15) is 0 Å². The number of ether oxygens (including phenoxy) is 1. The van der Waals surface area contributed by atoms with Gasteiger partial charge in [0.25, 0.3) is 5.91 Å². The van der Waals surface area contributed by atoms with Crippen LogP contribution in [0.3, 0.4) is 0 Å². The minimum Gasteiger partial charge on any atom is -0.467 e. The van der Waals surface area contributed by atoms with Gasteiger partial charge in [0, 0.05) is 33.3 Å². The van der Waals surface area contributed by atoms with Crippen molar-refractivity contribution < 1.29 is 14.3 Å². The van der Waals surface area contributed by atoms with Crippen LogP contribution in [0.2, 0.25) is 10.0 Å². The van der Waals surface area contributed by atoms with E-state index < -0.39 is 18.1 Å². The fraction of sp³-hybridized carbons (Fsp3) is 0.222. The number of amides is 1. The van der Waals surface area contributed by atoms with Gasteiger partial charge in [0.2, 0.25) is 0 Å². The number of hydrogen-bond donors (Lipinski definition) is 2. The van der Waals surface area contributed by atoms with Crippen LogP contribution in [-0.2, 0) is 9.53 Å². The van der Waals surface area contributed by atoms with Gasteiger partial charge in [-0.15, -0.1) is 0 Å². The lowest BCUT2D eigenvalue weighted by molar-refractivity contribution is -0.141. The lowest BCUT2D eigenvalue weighted by atomic mass is 9.92. The Morgan fingerprint density at radius 3 is 2.60 bits per heavy atom. The van der Waals surface area contributed by atoms with E-state index in [1.165, 1.54) is 7.11 Å². The van der Waals surface area contributed by atoms with Gasteiger partial charge in [0.15, 0.2) is 0 Å². The van der Waals surface area contributed by atoms with Crippen molar-refractivity contribution >= 4 is 40.8 Å². The number of hydrogen-bond acceptors (Lipinski definition) is 4. The number of fused-ring (bicyclic) bond motifs is 1. The molecule has 2 aromatic rings. The maximum absolute atomic E-state index is 12.5. The summed E-state index contributed by atoms with van der Waals surface area (Å²) < 4.78 is 4.82. The number of esters is 1. The number of rotatable bonds is 3. The number of carbonyl (C=O) groups excluding carboxylic acids is 2. The molecular weight excluding hydrogens is 363 g/mol. The maximum Gasteiger partial charge on any atom is 0.328 e. The third-order valence-corrected chi connectivity index (χ3v) is 4.60. The molecule has 0 saturated carbocycles. The van der Waals surface area contributed by atoms with Crippen molar-refractivity contribution in [1.29, 1.82) is 0 Å². The number of halogens is 2. The first kappa shape index (κ1) is 17.6. The van der Waals surface area contributed by atoms with Gasteiger partial charge in [-0.3, -0.25) is 4.79 Å². The molecule has 0 aromatic heterocycles. The molecule has 25 heavy (non-hydrogen) atoms. The summed E-state index contributed by atoms with van der Waals surface area (Å²) in [4.78, 5) is 24.5. The molecule has 1 amide bonds. The number of nitrogens with one attached hydrogen (secondary N) is 2. The molecule has 7 heteroatoms. The second-order valence-corrected chi connectivity index (χ2v) is 6.54. The Balaban J connectivity index is 1.94. The van der Waals surface area contributed by atoms with E-state index in [0.29, 0.717) is 33.3 Å². The van der Waals surface area contributed by atoms with Crippen LogP contribution >= 0.6 is 23.2 Å². The third-order valence-electron chi connectivity index (χ3n) is 4.07. The fourth-order valence-electron chi connectivity index (χ4n) is 2.92. The van der Waals surface area contributed by atoms with Gasteiger partial charge >= 0.3 is 5.97 Å². The Morgan fingerprint density at radius 2 is 1.92 bits per heavy atom. The average molecular weight is 379 g/mol. The lowest BCUT2D eigenvalue weighted by Gasteiger charge is -2.33. The Kier molecular flexibility index (Phi) is 5.16. The molecule has 0 radical (unpaired) electrons. The second-order valence-electron chi connectivity index (χ2n) is 5.70. The summed E-state index contributed by atoms with van der Waals surface area (Å²) in [7, 11) is 1.32. The van der Waals surface area contributed by atoms with E-state index in [4.69, 9.17) is 27.9 Å². The first-order valence-corrected chi connectivity index (χ1v) is 8.44. The van der Waals surface area contributed by atoms with Gasteiger partial charge in [0.1, 0.15) is 6.04 Å². The molecule has 2 atom stereocenters. The van der Waals surface area contributed by atoms with Crippen molar-refractivity contribution in [3.63, 3.8) is 0 Å². The first-order chi connectivity index (χ1) is 12.0. The maximum atomic E-state index is 12.5. The second kappa shape index (κ2) is 7.33. The Bertz CT molecular complexity index is 811. The highest BCUT2D eigenvalue weighted by Gasteiger charge is 2.34. The molecule has 2 N–H and O–H groups in total. The summed E-state index contributed by atoms with van der Waals surface area (Å²) >= 11 is 12.4. The van der Waals surface area contributed by atoms with Crippen LogP contribution in [0.4, 0.5) is 5.69 Å². The fourth-order valence-corrected chi connectivity index (χ4v) is 3.54. The smallest absolute Gasteiger partial charge is 0.328 e. The van der Waals surface area contributed by atoms with E-state index >= 15 is 0 Å². The summed E-state index contributed by atoms with van der Waals surface area (Å²) in [5.74, 6) is -0.659. The van der Waals surface area contributed by atoms with Gasteiger partial charge in [-0.25, -0.2) is 4.79 Å². The van der Waals surface area contributed by atoms with Crippen molar-refractivity contribution in [2.24, 2.45) is 0 Å². The van der Waals surface area contributed by atoms with Crippen LogP contribution in [-0.4, -0.2) is 25.0 Å². The van der Waals surface area contributed by atoms with E-state index in [1.807, 2.05) is 6.07 Å². The monoisotopic (exact) mass is 378 g/mol. The van der Waals surface area contributed by atoms with E-state index in [2.05, 4.69) is 10.6 Å². The largest absolute Gasteiger partial charge is 0.467 e. The highest BCUT2D eigenvalue weighted by atomic mass is 35.5. The number of anilines is 1. The Morgan fingerprint density at radius 1 is 1.20 bits per heavy atom. The molecule has 1 aliphatic heterocycles. The predicted octanol–water partition coefficient (Wildman–Crippen LogP) is 3.82. The molecule has 130 valence electrons. The molecule has 0 bridgehead atoms. The van der Waals surface area contributed by atoms with Crippen molar-refractivity contribution in [3.05, 3.63) is 63.6 Å². The molecule has 2 aromatic carbocycles. The molecule has 1 aliphatic rings. The summed E-state index contributed by atoms with van der Waals surface area (Å²) in [6.45, 7) is 0. The zero-order chi connectivity index (χ0) is 18.0. The third kappa shape index (κ3) is 3.72. The first-order valence-electron chi connectivity index (χ1n) is 7.69. The van der Waals surface area contributed by atoms with Crippen LogP contribution in [0.5, 0.6) is 0 Å². The molecule has 0 aliphatic carbocycles. The molecule has 1 heterocycles. The average Bonchev–Trinajstić information content (AvgIpc) is 2.60. The zero-order valence-electron chi connectivity index (χ0n) is 13.4. The summed E-state index contributed by atoms with van der Waals surface area (Å²) in [6, 6.07) is 11.1. The number of carbonyl (C=O) groups is 2. The summed E-state index contributed by atoms with van der Waals surface area (Å²) in [5, 5.41) is 6.89. The van der Waals surface area contributed by atoms with E-state index in [0.717, 1.165) is 0 Å². The van der Waals surface area contributed by atoms with Crippen LogP contribution in [0.1, 0.15) is 28.4 Å². The van der Waals surface area contributed by atoms with Crippen molar-refractivity contribution in [2.45, 2.75) is 18.5 Å². The molecule has 0 saturated heterocycles. The minimum atomic E-state index is -0.604. The SMILES string of the molecule is COC(=O)[C@H]1C[C@H](NC(=O)c2ccccc2)c2c(Cl)cc(Cl)cc2N1. The van der Waals surface area contributed by atoms with E-state index in [-0.39, 0.29) is 5.91 Å². The van der Waals surface area contributed by atoms with Crippen LogP contribution in [0, 0.1) is 0 Å². The molecule has 0 spiro atoms. The Labute approximate surface area is 155 Å². The lowest BCUT2D eigenvalue weighted by Crippen LogP contribution is -2.41. The Hall–Kier alpha value is -2.24. The van der Waals surface area contributed by atoms with Crippen LogP contribution < -0.4 is 10.6 Å². The number of methoxy groups -OCH3 is 1. The molecular formula is C18H16Cl2N2O3. The van der Waals surface area contributed by atoms with Gasteiger partial charge in [0.05, 0.1) is 13.2 Å². The zero-order valence-corrected chi connectivity index (χ0v) is 14.9.